The molecule has 0 radical (unpaired) electrons. The minimum Gasteiger partial charge on any atom is -0.612 e. The number of aliphatic carboxylic acids is 1. The lowest BCUT2D eigenvalue weighted by Gasteiger charge is -2.21. The van der Waals surface area contributed by atoms with Crippen molar-refractivity contribution >= 4 is 17.1 Å². The Balaban J connectivity index is 1.89. The van der Waals surface area contributed by atoms with E-state index in [1.54, 1.807) is 12.3 Å². The summed E-state index contributed by atoms with van der Waals surface area (Å²) < 4.78 is 25.2. The molecule has 1 N–H and O–H groups in total. The lowest BCUT2D eigenvalue weighted by atomic mass is 9.83. The molecule has 0 bridgehead atoms. The van der Waals surface area contributed by atoms with Gasteiger partial charge in [-0.1, -0.05) is 25.1 Å². The highest BCUT2D eigenvalue weighted by molar-refractivity contribution is 7.90. The predicted molar refractivity (Wildman–Crippen MR) is 95.8 cm³/mol. The molecule has 25 heavy (non-hydrogen) atoms. The van der Waals surface area contributed by atoms with Gasteiger partial charge < -0.3 is 9.66 Å². The topological polar surface area (TPSA) is 60.4 Å². The maximum atomic E-state index is 13.7. The molecule has 2 aromatic carbocycles. The van der Waals surface area contributed by atoms with Crippen molar-refractivity contribution in [1.82, 2.24) is 0 Å². The molecule has 0 heterocycles. The van der Waals surface area contributed by atoms with Crippen LogP contribution in [-0.2, 0) is 22.4 Å². The number of rotatable bonds is 5. The van der Waals surface area contributed by atoms with E-state index in [0.717, 1.165) is 28.0 Å². The highest BCUT2D eigenvalue weighted by Crippen LogP contribution is 2.49. The van der Waals surface area contributed by atoms with Crippen molar-refractivity contribution < 1.29 is 18.8 Å². The molecule has 0 aromatic heterocycles. The van der Waals surface area contributed by atoms with Gasteiger partial charge in [-0.3, -0.25) is 4.79 Å². The number of hydrogen-bond acceptors (Lipinski definition) is 2. The van der Waals surface area contributed by atoms with Gasteiger partial charge in [0.15, 0.2) is 4.90 Å². The molecule has 0 fully saturated rings. The molecule has 0 aliphatic heterocycles. The smallest absolute Gasteiger partial charge is 0.303 e. The molecule has 4 atom stereocenters. The molecule has 0 amide bonds. The Morgan fingerprint density at radius 2 is 1.84 bits per heavy atom. The minimum atomic E-state index is -1.01. The second-order valence-corrected chi connectivity index (χ2v) is 8.13. The molecule has 0 saturated heterocycles. The van der Waals surface area contributed by atoms with E-state index in [9.17, 15) is 18.8 Å². The minimum absolute atomic E-state index is 0.0157. The van der Waals surface area contributed by atoms with E-state index in [2.05, 4.69) is 0 Å². The fourth-order valence-corrected chi connectivity index (χ4v) is 4.42. The second kappa shape index (κ2) is 7.18. The summed E-state index contributed by atoms with van der Waals surface area (Å²) in [4.78, 5) is 12.0. The van der Waals surface area contributed by atoms with Crippen molar-refractivity contribution in [2.75, 3.05) is 6.26 Å². The fourth-order valence-electron chi connectivity index (χ4n) is 3.90. The molecule has 1 aliphatic carbocycles. The average molecular weight is 360 g/mol. The van der Waals surface area contributed by atoms with Crippen LogP contribution in [-0.4, -0.2) is 21.9 Å². The third-order valence-corrected chi connectivity index (χ3v) is 6.16. The van der Waals surface area contributed by atoms with E-state index >= 15 is 0 Å². The number of benzene rings is 2. The Morgan fingerprint density at radius 1 is 1.16 bits per heavy atom. The molecule has 0 saturated carbocycles. The molecule has 3 nitrogen and oxygen atoms in total. The Morgan fingerprint density at radius 3 is 2.44 bits per heavy atom. The van der Waals surface area contributed by atoms with Crippen LogP contribution in [0, 0.1) is 11.7 Å². The molecule has 132 valence electrons. The Hall–Kier alpha value is -1.85. The average Bonchev–Trinajstić information content (AvgIpc) is 2.80. The lowest BCUT2D eigenvalue weighted by molar-refractivity contribution is -0.137. The molecular formula is C20H21FO3S. The standard InChI is InChI=1S/C20H21FO3S/c1-12-17(9-13-3-6-15(7-4-13)25(2)24)16-8-5-14(21)10-19(16)18(12)11-20(22)23/h3-8,10,12,17-18H,9,11H2,1-2H3,(H,22,23)/t12?,17?,18-,25+/m1/s1. The zero-order chi connectivity index (χ0) is 18.1. The number of hydrogen-bond donors (Lipinski definition) is 1. The van der Waals surface area contributed by atoms with E-state index in [4.69, 9.17) is 0 Å². The number of halogens is 1. The highest BCUT2D eigenvalue weighted by Gasteiger charge is 2.39. The first-order valence-electron chi connectivity index (χ1n) is 8.30. The third-order valence-electron chi connectivity index (χ3n) is 5.22. The molecule has 2 aromatic rings. The van der Waals surface area contributed by atoms with Gasteiger partial charge >= 0.3 is 5.97 Å². The number of carboxylic acid groups (broad SMARTS) is 1. The van der Waals surface area contributed by atoms with Crippen LogP contribution < -0.4 is 0 Å². The van der Waals surface area contributed by atoms with Crippen molar-refractivity contribution in [2.24, 2.45) is 5.92 Å². The van der Waals surface area contributed by atoms with Crippen LogP contribution in [0.3, 0.4) is 0 Å². The third kappa shape index (κ3) is 3.72. The molecule has 0 spiro atoms. The largest absolute Gasteiger partial charge is 0.612 e. The monoisotopic (exact) mass is 360 g/mol. The SMILES string of the molecule is CC1C(Cc2ccc([S@+](C)[O-])cc2)c2ccc(F)cc2[C@@H]1CC(=O)O. The summed E-state index contributed by atoms with van der Waals surface area (Å²) in [6.07, 6.45) is 2.42. The Labute approximate surface area is 150 Å². The number of fused-ring (bicyclic) bond motifs is 1. The van der Waals surface area contributed by atoms with Crippen molar-refractivity contribution in [3.05, 3.63) is 65.0 Å². The van der Waals surface area contributed by atoms with Crippen LogP contribution in [0.5, 0.6) is 0 Å². The first-order valence-corrected chi connectivity index (χ1v) is 9.86. The second-order valence-electron chi connectivity index (χ2n) is 6.75. The summed E-state index contributed by atoms with van der Waals surface area (Å²) in [6.45, 7) is 2.05. The zero-order valence-corrected chi connectivity index (χ0v) is 15.1. The van der Waals surface area contributed by atoms with Crippen molar-refractivity contribution in [2.45, 2.75) is 36.5 Å². The predicted octanol–water partition coefficient (Wildman–Crippen LogP) is 4.10. The molecule has 2 unspecified atom stereocenters. The highest BCUT2D eigenvalue weighted by atomic mass is 32.2. The molecule has 5 heteroatoms. The summed E-state index contributed by atoms with van der Waals surface area (Å²) in [6, 6.07) is 12.4. The maximum Gasteiger partial charge on any atom is 0.303 e. The number of carboxylic acids is 1. The van der Waals surface area contributed by atoms with Crippen LogP contribution >= 0.6 is 0 Å². The van der Waals surface area contributed by atoms with Gasteiger partial charge in [-0.2, -0.15) is 0 Å². The lowest BCUT2D eigenvalue weighted by Crippen LogP contribution is -2.14. The van der Waals surface area contributed by atoms with Crippen LogP contribution in [0.4, 0.5) is 4.39 Å². The summed E-state index contributed by atoms with van der Waals surface area (Å²) in [5.41, 5.74) is 2.98. The van der Waals surface area contributed by atoms with Crippen LogP contribution in [0.25, 0.3) is 0 Å². The first kappa shape index (κ1) is 18.0. The van der Waals surface area contributed by atoms with Gasteiger partial charge in [0.2, 0.25) is 0 Å². The Kier molecular flexibility index (Phi) is 5.16. The van der Waals surface area contributed by atoms with Gasteiger partial charge in [-0.15, -0.1) is 0 Å². The van der Waals surface area contributed by atoms with E-state index < -0.39 is 17.1 Å². The summed E-state index contributed by atoms with van der Waals surface area (Å²) in [7, 11) is 0. The maximum absolute atomic E-state index is 13.7. The van der Waals surface area contributed by atoms with Crippen LogP contribution in [0.15, 0.2) is 47.4 Å². The summed E-state index contributed by atoms with van der Waals surface area (Å²) in [5, 5.41) is 9.22. The van der Waals surface area contributed by atoms with Crippen molar-refractivity contribution in [3.8, 4) is 0 Å². The van der Waals surface area contributed by atoms with E-state index in [1.807, 2.05) is 31.2 Å². The van der Waals surface area contributed by atoms with E-state index in [0.29, 0.717) is 0 Å². The van der Waals surface area contributed by atoms with E-state index in [1.165, 1.54) is 12.1 Å². The van der Waals surface area contributed by atoms with Gasteiger partial charge in [0.05, 0.1) is 6.42 Å². The molecule has 3 rings (SSSR count). The zero-order valence-electron chi connectivity index (χ0n) is 14.2. The number of carbonyl (C=O) groups is 1. The van der Waals surface area contributed by atoms with Crippen molar-refractivity contribution in [3.63, 3.8) is 0 Å². The van der Waals surface area contributed by atoms with Crippen LogP contribution in [0.2, 0.25) is 0 Å². The van der Waals surface area contributed by atoms with Crippen LogP contribution in [0.1, 0.15) is 41.9 Å². The normalized spacial score (nSPS) is 23.3. The van der Waals surface area contributed by atoms with Gasteiger partial charge in [0, 0.05) is 0 Å². The quantitative estimate of drug-likeness (QED) is 0.817. The summed E-state index contributed by atoms with van der Waals surface area (Å²) >= 11 is -1.01. The van der Waals surface area contributed by atoms with Gasteiger partial charge in [0.1, 0.15) is 12.1 Å². The fraction of sp³-hybridized carbons (Fsp3) is 0.350. The van der Waals surface area contributed by atoms with Gasteiger partial charge in [0.25, 0.3) is 0 Å². The van der Waals surface area contributed by atoms with Crippen molar-refractivity contribution in [1.29, 1.82) is 0 Å². The first-order chi connectivity index (χ1) is 11.9. The van der Waals surface area contributed by atoms with E-state index in [-0.39, 0.29) is 30.0 Å². The molecular weight excluding hydrogens is 339 g/mol. The Bertz CT molecular complexity index is 773. The van der Waals surface area contributed by atoms with Gasteiger partial charge in [-0.05, 0) is 76.3 Å². The van der Waals surface area contributed by atoms with Gasteiger partial charge in [-0.25, -0.2) is 4.39 Å². The summed E-state index contributed by atoms with van der Waals surface area (Å²) in [5.74, 6) is -1.08. The molecule has 1 aliphatic rings.